The number of carbonyl (C=O) groups is 1. The van der Waals surface area contributed by atoms with Crippen LogP contribution < -0.4 is 10.6 Å². The zero-order valence-corrected chi connectivity index (χ0v) is 12.8. The van der Waals surface area contributed by atoms with Crippen LogP contribution in [0.15, 0.2) is 48.5 Å². The van der Waals surface area contributed by atoms with Crippen molar-refractivity contribution in [3.8, 4) is 0 Å². The molecule has 110 valence electrons. The van der Waals surface area contributed by atoms with Gasteiger partial charge in [0.15, 0.2) is 0 Å². The number of amides is 1. The highest BCUT2D eigenvalue weighted by molar-refractivity contribution is 6.30. The predicted molar refractivity (Wildman–Crippen MR) is 87.8 cm³/mol. The molecule has 3 nitrogen and oxygen atoms in total. The van der Waals surface area contributed by atoms with Crippen molar-refractivity contribution < 1.29 is 4.79 Å². The minimum Gasteiger partial charge on any atom is -0.376 e. The average Bonchev–Trinajstić information content (AvgIpc) is 2.47. The molecular weight excluding hydrogens is 284 g/mol. The van der Waals surface area contributed by atoms with Crippen molar-refractivity contribution in [1.29, 1.82) is 0 Å². The minimum absolute atomic E-state index is 0.00882. The van der Waals surface area contributed by atoms with E-state index in [1.165, 1.54) is 5.56 Å². The third kappa shape index (κ3) is 5.48. The van der Waals surface area contributed by atoms with Gasteiger partial charge in [0, 0.05) is 17.3 Å². The van der Waals surface area contributed by atoms with Crippen molar-refractivity contribution in [2.45, 2.75) is 13.3 Å². The molecule has 0 spiro atoms. The zero-order valence-electron chi connectivity index (χ0n) is 12.0. The summed E-state index contributed by atoms with van der Waals surface area (Å²) in [6, 6.07) is 15.6. The molecule has 0 aliphatic carbocycles. The van der Waals surface area contributed by atoms with Gasteiger partial charge in [-0.3, -0.25) is 4.79 Å². The fraction of sp³-hybridized carbons (Fsp3) is 0.235. The molecule has 0 aliphatic heterocycles. The highest BCUT2D eigenvalue weighted by atomic mass is 35.5. The fourth-order valence-electron chi connectivity index (χ4n) is 2.00. The molecule has 0 unspecified atom stereocenters. The van der Waals surface area contributed by atoms with E-state index in [0.717, 1.165) is 22.7 Å². The van der Waals surface area contributed by atoms with Crippen molar-refractivity contribution in [3.05, 3.63) is 64.7 Å². The number of halogens is 1. The van der Waals surface area contributed by atoms with Crippen LogP contribution in [0, 0.1) is 6.92 Å². The zero-order chi connectivity index (χ0) is 15.1. The van der Waals surface area contributed by atoms with Crippen LogP contribution in [0.3, 0.4) is 0 Å². The summed E-state index contributed by atoms with van der Waals surface area (Å²) in [4.78, 5) is 11.8. The topological polar surface area (TPSA) is 41.1 Å². The Morgan fingerprint density at radius 1 is 1.14 bits per heavy atom. The standard InChI is InChI=1S/C17H19ClN2O/c1-13-3-2-4-16(11-13)20-12-17(21)19-10-9-14-5-7-15(18)8-6-14/h2-8,11,20H,9-10,12H2,1H3,(H,19,21). The number of carbonyl (C=O) groups excluding carboxylic acids is 1. The molecule has 2 rings (SSSR count). The summed E-state index contributed by atoms with van der Waals surface area (Å²) < 4.78 is 0. The van der Waals surface area contributed by atoms with Gasteiger partial charge in [-0.25, -0.2) is 0 Å². The summed E-state index contributed by atoms with van der Waals surface area (Å²) in [5.41, 5.74) is 3.29. The normalized spacial score (nSPS) is 10.2. The van der Waals surface area contributed by atoms with Gasteiger partial charge >= 0.3 is 0 Å². The number of nitrogens with one attached hydrogen (secondary N) is 2. The van der Waals surface area contributed by atoms with E-state index in [0.29, 0.717) is 6.54 Å². The van der Waals surface area contributed by atoms with E-state index >= 15 is 0 Å². The molecule has 21 heavy (non-hydrogen) atoms. The second-order valence-corrected chi connectivity index (χ2v) is 5.39. The molecule has 0 bridgehead atoms. The van der Waals surface area contributed by atoms with Crippen LogP contribution in [0.5, 0.6) is 0 Å². The van der Waals surface area contributed by atoms with Crippen molar-refractivity contribution in [2.75, 3.05) is 18.4 Å². The first-order valence-electron chi connectivity index (χ1n) is 6.95. The lowest BCUT2D eigenvalue weighted by Crippen LogP contribution is -2.31. The number of rotatable bonds is 6. The lowest BCUT2D eigenvalue weighted by molar-refractivity contribution is -0.119. The number of anilines is 1. The minimum atomic E-state index is -0.00882. The monoisotopic (exact) mass is 302 g/mol. The fourth-order valence-corrected chi connectivity index (χ4v) is 2.12. The summed E-state index contributed by atoms with van der Waals surface area (Å²) in [5.74, 6) is -0.00882. The van der Waals surface area contributed by atoms with Crippen LogP contribution in [0.2, 0.25) is 5.02 Å². The maximum absolute atomic E-state index is 11.8. The Morgan fingerprint density at radius 3 is 2.62 bits per heavy atom. The molecule has 0 saturated carbocycles. The van der Waals surface area contributed by atoms with Gasteiger partial charge in [-0.05, 0) is 48.7 Å². The Balaban J connectivity index is 1.69. The summed E-state index contributed by atoms with van der Waals surface area (Å²) in [7, 11) is 0. The van der Waals surface area contributed by atoms with E-state index in [4.69, 9.17) is 11.6 Å². The van der Waals surface area contributed by atoms with Gasteiger partial charge in [-0.15, -0.1) is 0 Å². The largest absolute Gasteiger partial charge is 0.376 e. The van der Waals surface area contributed by atoms with Crippen molar-refractivity contribution >= 4 is 23.2 Å². The number of aryl methyl sites for hydroxylation is 1. The Labute approximate surface area is 130 Å². The quantitative estimate of drug-likeness (QED) is 0.858. The Hall–Kier alpha value is -2.00. The summed E-state index contributed by atoms with van der Waals surface area (Å²) >= 11 is 5.83. The number of hydrogen-bond donors (Lipinski definition) is 2. The third-order valence-corrected chi connectivity index (χ3v) is 3.37. The van der Waals surface area contributed by atoms with Crippen molar-refractivity contribution in [2.24, 2.45) is 0 Å². The predicted octanol–water partition coefficient (Wildman–Crippen LogP) is 3.42. The molecule has 2 aromatic carbocycles. The van der Waals surface area contributed by atoms with E-state index in [9.17, 15) is 4.79 Å². The van der Waals surface area contributed by atoms with E-state index in [1.54, 1.807) is 0 Å². The van der Waals surface area contributed by atoms with E-state index < -0.39 is 0 Å². The summed E-state index contributed by atoms with van der Waals surface area (Å²) in [5, 5.41) is 6.74. The van der Waals surface area contributed by atoms with Crippen LogP contribution in [0.4, 0.5) is 5.69 Å². The van der Waals surface area contributed by atoms with Crippen LogP contribution in [0.1, 0.15) is 11.1 Å². The van der Waals surface area contributed by atoms with Crippen molar-refractivity contribution in [1.82, 2.24) is 5.32 Å². The first-order chi connectivity index (χ1) is 10.1. The van der Waals surface area contributed by atoms with Gasteiger partial charge in [0.05, 0.1) is 6.54 Å². The maximum Gasteiger partial charge on any atom is 0.239 e. The Morgan fingerprint density at radius 2 is 1.90 bits per heavy atom. The molecular formula is C17H19ClN2O. The smallest absolute Gasteiger partial charge is 0.239 e. The maximum atomic E-state index is 11.8. The summed E-state index contributed by atoms with van der Waals surface area (Å²) in [6.07, 6.45) is 0.799. The second kappa shape index (κ2) is 7.70. The highest BCUT2D eigenvalue weighted by Gasteiger charge is 2.01. The Bertz CT molecular complexity index is 596. The molecule has 0 atom stereocenters. The van der Waals surface area contributed by atoms with Gasteiger partial charge in [0.1, 0.15) is 0 Å². The number of benzene rings is 2. The first kappa shape index (κ1) is 15.4. The molecule has 2 aromatic rings. The van der Waals surface area contributed by atoms with Crippen LogP contribution in [0.25, 0.3) is 0 Å². The molecule has 0 fully saturated rings. The molecule has 2 N–H and O–H groups in total. The molecule has 0 aromatic heterocycles. The molecule has 0 aliphatic rings. The van der Waals surface area contributed by atoms with Gasteiger partial charge < -0.3 is 10.6 Å². The van der Waals surface area contributed by atoms with Gasteiger partial charge in [-0.2, -0.15) is 0 Å². The van der Waals surface area contributed by atoms with Crippen molar-refractivity contribution in [3.63, 3.8) is 0 Å². The van der Waals surface area contributed by atoms with Crippen LogP contribution in [-0.4, -0.2) is 19.0 Å². The first-order valence-corrected chi connectivity index (χ1v) is 7.33. The molecule has 0 heterocycles. The second-order valence-electron chi connectivity index (χ2n) is 4.95. The van der Waals surface area contributed by atoms with E-state index in [-0.39, 0.29) is 12.5 Å². The molecule has 1 amide bonds. The van der Waals surface area contributed by atoms with Crippen LogP contribution in [-0.2, 0) is 11.2 Å². The van der Waals surface area contributed by atoms with Gasteiger partial charge in [-0.1, -0.05) is 35.9 Å². The molecule has 0 radical (unpaired) electrons. The highest BCUT2D eigenvalue weighted by Crippen LogP contribution is 2.10. The molecule has 4 heteroatoms. The van der Waals surface area contributed by atoms with E-state index in [1.807, 2.05) is 55.5 Å². The lowest BCUT2D eigenvalue weighted by Gasteiger charge is -2.08. The van der Waals surface area contributed by atoms with Gasteiger partial charge in [0.2, 0.25) is 5.91 Å². The van der Waals surface area contributed by atoms with Gasteiger partial charge in [0.25, 0.3) is 0 Å². The Kier molecular flexibility index (Phi) is 5.64. The lowest BCUT2D eigenvalue weighted by atomic mass is 10.1. The average molecular weight is 303 g/mol. The molecule has 0 saturated heterocycles. The van der Waals surface area contributed by atoms with E-state index in [2.05, 4.69) is 10.6 Å². The van der Waals surface area contributed by atoms with Crippen LogP contribution >= 0.6 is 11.6 Å². The third-order valence-electron chi connectivity index (χ3n) is 3.12. The SMILES string of the molecule is Cc1cccc(NCC(=O)NCCc2ccc(Cl)cc2)c1. The summed E-state index contributed by atoms with van der Waals surface area (Å²) in [6.45, 7) is 2.93. The number of hydrogen-bond acceptors (Lipinski definition) is 2.